The molecule has 0 radical (unpaired) electrons. The van der Waals surface area contributed by atoms with Crippen LogP contribution in [0.5, 0.6) is 0 Å². The largest absolute Gasteiger partial charge is 0.371 e. The van der Waals surface area contributed by atoms with Crippen LogP contribution in [0.25, 0.3) is 0 Å². The molecule has 0 spiro atoms. The van der Waals surface area contributed by atoms with Crippen LogP contribution in [0.1, 0.15) is 89.0 Å². The first-order valence-corrected chi connectivity index (χ1v) is 18.3. The van der Waals surface area contributed by atoms with Gasteiger partial charge >= 0.3 is 0 Å². The summed E-state index contributed by atoms with van der Waals surface area (Å²) < 4.78 is 13.9. The van der Waals surface area contributed by atoms with Crippen LogP contribution < -0.4 is 16.0 Å². The maximum absolute atomic E-state index is 13.9. The van der Waals surface area contributed by atoms with Crippen molar-refractivity contribution in [1.82, 2.24) is 25.7 Å². The van der Waals surface area contributed by atoms with Crippen molar-refractivity contribution in [1.29, 1.82) is 0 Å². The Balaban J connectivity index is 1.14. The van der Waals surface area contributed by atoms with E-state index in [0.717, 1.165) is 68.1 Å². The topological polar surface area (TPSA) is 124 Å². The third-order valence-electron chi connectivity index (χ3n) is 9.59. The first-order chi connectivity index (χ1) is 24.9. The molecule has 11 heteroatoms. The molecule has 2 aliphatic rings. The highest BCUT2D eigenvalue weighted by Gasteiger charge is 2.31. The molecule has 0 unspecified atom stereocenters. The molecule has 3 N–H and O–H groups in total. The number of hydrogen-bond donors (Lipinski definition) is 3. The van der Waals surface area contributed by atoms with Crippen molar-refractivity contribution in [3.05, 3.63) is 124 Å². The van der Waals surface area contributed by atoms with Crippen molar-refractivity contribution in [3.8, 4) is 0 Å². The fourth-order valence-corrected chi connectivity index (χ4v) is 6.94. The van der Waals surface area contributed by atoms with Crippen LogP contribution in [-0.4, -0.2) is 51.8 Å². The SMILES string of the molecule is O=C(Cn1nc(C(=O)NCc2ccc(Cl)cc2)cc1C(=O)N[C@H]1CCCC[C@@H]1OCc1ccccc1)N[C@H]1CCCC[C@@H]1OCc1ccccc1. The van der Waals surface area contributed by atoms with Gasteiger partial charge in [0.05, 0.1) is 37.5 Å². The number of amides is 3. The minimum absolute atomic E-state index is 0.0455. The first-order valence-electron chi connectivity index (χ1n) is 17.9. The van der Waals surface area contributed by atoms with E-state index in [1.165, 1.54) is 10.7 Å². The van der Waals surface area contributed by atoms with Gasteiger partial charge in [0.2, 0.25) is 5.91 Å². The van der Waals surface area contributed by atoms with Crippen LogP contribution in [0, 0.1) is 0 Å². The maximum Gasteiger partial charge on any atom is 0.272 e. The molecule has 0 saturated heterocycles. The molecule has 4 atom stereocenters. The number of benzene rings is 3. The summed E-state index contributed by atoms with van der Waals surface area (Å²) in [5, 5.41) is 14.2. The quantitative estimate of drug-likeness (QED) is 0.140. The molecule has 2 aliphatic carbocycles. The van der Waals surface area contributed by atoms with Crippen molar-refractivity contribution >= 4 is 29.3 Å². The van der Waals surface area contributed by atoms with Gasteiger partial charge in [-0.15, -0.1) is 0 Å². The molecule has 2 saturated carbocycles. The molecule has 1 heterocycles. The van der Waals surface area contributed by atoms with E-state index >= 15 is 0 Å². The number of carbonyl (C=O) groups excluding carboxylic acids is 3. The molecule has 2 fully saturated rings. The van der Waals surface area contributed by atoms with Crippen molar-refractivity contribution in [2.45, 2.75) is 102 Å². The number of halogens is 1. The molecule has 3 amide bonds. The Morgan fingerprint density at radius 1 is 0.686 bits per heavy atom. The fraction of sp³-hybridized carbons (Fsp3) is 0.400. The zero-order valence-electron chi connectivity index (χ0n) is 28.8. The second-order valence-electron chi connectivity index (χ2n) is 13.4. The van der Waals surface area contributed by atoms with Gasteiger partial charge in [-0.1, -0.05) is 110 Å². The molecule has 4 aromatic rings. The minimum atomic E-state index is -0.457. The average molecular weight is 712 g/mol. The van der Waals surface area contributed by atoms with E-state index < -0.39 is 11.8 Å². The molecule has 6 rings (SSSR count). The van der Waals surface area contributed by atoms with E-state index in [-0.39, 0.29) is 54.7 Å². The number of hydrogen-bond acceptors (Lipinski definition) is 6. The Kier molecular flexibility index (Phi) is 12.9. The zero-order valence-corrected chi connectivity index (χ0v) is 29.5. The first kappa shape index (κ1) is 36.3. The molecule has 0 aliphatic heterocycles. The molecule has 3 aromatic carbocycles. The lowest BCUT2D eigenvalue weighted by atomic mass is 9.92. The fourth-order valence-electron chi connectivity index (χ4n) is 6.81. The molecular weight excluding hydrogens is 666 g/mol. The predicted octanol–water partition coefficient (Wildman–Crippen LogP) is 6.37. The summed E-state index contributed by atoms with van der Waals surface area (Å²) in [6.45, 7) is 0.936. The van der Waals surface area contributed by atoms with E-state index in [1.807, 2.05) is 72.8 Å². The van der Waals surface area contributed by atoms with Gasteiger partial charge in [-0.05, 0) is 54.5 Å². The lowest BCUT2D eigenvalue weighted by Gasteiger charge is -2.32. The summed E-state index contributed by atoms with van der Waals surface area (Å²) in [6, 6.07) is 28.2. The van der Waals surface area contributed by atoms with Gasteiger partial charge in [0.1, 0.15) is 12.2 Å². The van der Waals surface area contributed by atoms with Crippen molar-refractivity contribution in [2.75, 3.05) is 0 Å². The van der Waals surface area contributed by atoms with Gasteiger partial charge in [0.15, 0.2) is 5.69 Å². The van der Waals surface area contributed by atoms with Crippen molar-refractivity contribution in [3.63, 3.8) is 0 Å². The monoisotopic (exact) mass is 711 g/mol. The predicted molar refractivity (Wildman–Crippen MR) is 195 cm³/mol. The van der Waals surface area contributed by atoms with Crippen LogP contribution in [0.4, 0.5) is 0 Å². The molecule has 1 aromatic heterocycles. The minimum Gasteiger partial charge on any atom is -0.371 e. The van der Waals surface area contributed by atoms with Crippen molar-refractivity contribution < 1.29 is 23.9 Å². The van der Waals surface area contributed by atoms with Gasteiger partial charge in [-0.25, -0.2) is 4.68 Å². The Morgan fingerprint density at radius 3 is 1.82 bits per heavy atom. The standard InChI is InChI=1S/C40H46ClN5O5/c41-31-21-19-28(20-22-31)24-42-39(48)34-23-35(40(49)44-33-16-8-10-18-37(33)51-27-30-13-5-2-6-14-30)46(45-34)25-38(47)43-32-15-7-9-17-36(32)50-26-29-11-3-1-4-12-29/h1-6,11-14,19-23,32-33,36-37H,7-10,15-18,24-27H2,(H,42,48)(H,43,47)(H,44,49)/t32-,33-,36-,37-/m0/s1. The lowest BCUT2D eigenvalue weighted by Crippen LogP contribution is -2.48. The Bertz CT molecular complexity index is 1730. The van der Waals surface area contributed by atoms with E-state index in [2.05, 4.69) is 21.0 Å². The van der Waals surface area contributed by atoms with Crippen LogP contribution in [0.15, 0.2) is 91.0 Å². The highest BCUT2D eigenvalue weighted by molar-refractivity contribution is 6.30. The summed E-state index contributed by atoms with van der Waals surface area (Å²) in [4.78, 5) is 40.8. The number of carbonyl (C=O) groups is 3. The average Bonchev–Trinajstić information content (AvgIpc) is 3.58. The Morgan fingerprint density at radius 2 is 1.24 bits per heavy atom. The Labute approximate surface area is 304 Å². The number of nitrogens with zero attached hydrogens (tertiary/aromatic N) is 2. The van der Waals surface area contributed by atoms with Gasteiger partial charge in [-0.3, -0.25) is 14.4 Å². The third kappa shape index (κ3) is 10.5. The number of ether oxygens (including phenoxy) is 2. The summed E-state index contributed by atoms with van der Waals surface area (Å²) in [7, 11) is 0. The summed E-state index contributed by atoms with van der Waals surface area (Å²) in [6.07, 6.45) is 6.93. The van der Waals surface area contributed by atoms with Gasteiger partial charge in [0.25, 0.3) is 11.8 Å². The van der Waals surface area contributed by atoms with Crippen LogP contribution in [0.3, 0.4) is 0 Å². The van der Waals surface area contributed by atoms with Gasteiger partial charge < -0.3 is 25.4 Å². The summed E-state index contributed by atoms with van der Waals surface area (Å²) in [5.74, 6) is -1.17. The van der Waals surface area contributed by atoms with Crippen LogP contribution in [0.2, 0.25) is 5.02 Å². The lowest BCUT2D eigenvalue weighted by molar-refractivity contribution is -0.124. The van der Waals surface area contributed by atoms with E-state index in [1.54, 1.807) is 12.1 Å². The molecule has 268 valence electrons. The van der Waals surface area contributed by atoms with Crippen LogP contribution >= 0.6 is 11.6 Å². The van der Waals surface area contributed by atoms with Crippen LogP contribution in [-0.2, 0) is 40.6 Å². The number of nitrogens with one attached hydrogen (secondary N) is 3. The Hall–Kier alpha value is -4.51. The summed E-state index contributed by atoms with van der Waals surface area (Å²) in [5.41, 5.74) is 3.18. The van der Waals surface area contributed by atoms with E-state index in [9.17, 15) is 14.4 Å². The third-order valence-corrected chi connectivity index (χ3v) is 9.84. The molecule has 10 nitrogen and oxygen atoms in total. The van der Waals surface area contributed by atoms with Gasteiger partial charge in [0, 0.05) is 17.6 Å². The molecule has 0 bridgehead atoms. The number of rotatable bonds is 14. The molecular formula is C40H46ClN5O5. The van der Waals surface area contributed by atoms with E-state index in [4.69, 9.17) is 21.1 Å². The second-order valence-corrected chi connectivity index (χ2v) is 13.8. The van der Waals surface area contributed by atoms with Crippen molar-refractivity contribution in [2.24, 2.45) is 0 Å². The number of aromatic nitrogens is 2. The second kappa shape index (κ2) is 18.1. The zero-order chi connectivity index (χ0) is 35.4. The highest BCUT2D eigenvalue weighted by Crippen LogP contribution is 2.24. The van der Waals surface area contributed by atoms with Gasteiger partial charge in [-0.2, -0.15) is 5.10 Å². The highest BCUT2D eigenvalue weighted by atomic mass is 35.5. The maximum atomic E-state index is 13.9. The molecule has 51 heavy (non-hydrogen) atoms. The normalized spacial score (nSPS) is 20.3. The summed E-state index contributed by atoms with van der Waals surface area (Å²) >= 11 is 6.01. The smallest absolute Gasteiger partial charge is 0.272 e. The van der Waals surface area contributed by atoms with E-state index in [0.29, 0.717) is 18.2 Å².